The van der Waals surface area contributed by atoms with Gasteiger partial charge in [0.25, 0.3) is 0 Å². The van der Waals surface area contributed by atoms with Crippen molar-refractivity contribution in [3.8, 4) is 5.69 Å². The fourth-order valence-corrected chi connectivity index (χ4v) is 5.00. The molecular formula is C18H18BrN5OS. The SMILES string of the molecule is Cc1nn(C)c(C)c1[C@H]1SCC(=O)Nc2ncn(-c3cccc(Br)c3)c21. The van der Waals surface area contributed by atoms with E-state index in [1.165, 1.54) is 0 Å². The van der Waals surface area contributed by atoms with Crippen LogP contribution in [0.15, 0.2) is 35.1 Å². The van der Waals surface area contributed by atoms with Crippen LogP contribution < -0.4 is 5.32 Å². The van der Waals surface area contributed by atoms with Crippen molar-refractivity contribution in [1.82, 2.24) is 19.3 Å². The summed E-state index contributed by atoms with van der Waals surface area (Å²) in [7, 11) is 1.95. The predicted molar refractivity (Wildman–Crippen MR) is 107 cm³/mol. The number of halogens is 1. The van der Waals surface area contributed by atoms with Crippen molar-refractivity contribution in [2.24, 2.45) is 7.05 Å². The van der Waals surface area contributed by atoms with Crippen molar-refractivity contribution in [2.45, 2.75) is 19.1 Å². The summed E-state index contributed by atoms with van der Waals surface area (Å²) in [6.45, 7) is 4.08. The van der Waals surface area contributed by atoms with E-state index in [1.807, 2.05) is 42.9 Å². The molecule has 1 atom stereocenters. The van der Waals surface area contributed by atoms with Crippen molar-refractivity contribution in [1.29, 1.82) is 0 Å². The Bertz CT molecular complexity index is 1010. The number of nitrogens with zero attached hydrogens (tertiary/aromatic N) is 4. The van der Waals surface area contributed by atoms with Crippen molar-refractivity contribution in [2.75, 3.05) is 11.1 Å². The van der Waals surface area contributed by atoms with E-state index in [-0.39, 0.29) is 11.2 Å². The van der Waals surface area contributed by atoms with Crippen LogP contribution in [0.1, 0.15) is 27.9 Å². The lowest BCUT2D eigenvalue weighted by Crippen LogP contribution is -2.12. The second-order valence-electron chi connectivity index (χ2n) is 6.28. The first-order valence-electron chi connectivity index (χ1n) is 8.20. The largest absolute Gasteiger partial charge is 0.308 e. The van der Waals surface area contributed by atoms with Gasteiger partial charge in [0.15, 0.2) is 5.82 Å². The zero-order chi connectivity index (χ0) is 18.4. The number of thioether (sulfide) groups is 1. The highest BCUT2D eigenvalue weighted by molar-refractivity contribution is 9.10. The molecule has 0 saturated heterocycles. The quantitative estimate of drug-likeness (QED) is 0.670. The van der Waals surface area contributed by atoms with E-state index in [1.54, 1.807) is 18.1 Å². The first-order valence-corrected chi connectivity index (χ1v) is 10.0. The minimum absolute atomic E-state index is 0.0286. The summed E-state index contributed by atoms with van der Waals surface area (Å²) < 4.78 is 4.94. The molecule has 1 aliphatic heterocycles. The molecule has 0 radical (unpaired) electrons. The average Bonchev–Trinajstić information content (AvgIpc) is 3.06. The van der Waals surface area contributed by atoms with E-state index < -0.39 is 0 Å². The number of hydrogen-bond acceptors (Lipinski definition) is 4. The molecule has 8 heteroatoms. The molecule has 2 aromatic heterocycles. The van der Waals surface area contributed by atoms with Crippen LogP contribution in [0.5, 0.6) is 0 Å². The monoisotopic (exact) mass is 431 g/mol. The van der Waals surface area contributed by atoms with Gasteiger partial charge >= 0.3 is 0 Å². The number of fused-ring (bicyclic) bond motifs is 1. The van der Waals surface area contributed by atoms with Gasteiger partial charge in [-0.15, -0.1) is 11.8 Å². The van der Waals surface area contributed by atoms with E-state index in [9.17, 15) is 4.79 Å². The first kappa shape index (κ1) is 17.4. The van der Waals surface area contributed by atoms with Crippen molar-refractivity contribution >= 4 is 39.4 Å². The maximum absolute atomic E-state index is 12.2. The molecule has 3 aromatic rings. The van der Waals surface area contributed by atoms with Gasteiger partial charge in [0, 0.05) is 28.5 Å². The highest BCUT2D eigenvalue weighted by atomic mass is 79.9. The summed E-state index contributed by atoms with van der Waals surface area (Å²) in [6.07, 6.45) is 1.77. The molecule has 26 heavy (non-hydrogen) atoms. The molecule has 1 aliphatic rings. The maximum Gasteiger partial charge on any atom is 0.235 e. The Labute approximate surface area is 164 Å². The number of imidazole rings is 1. The van der Waals surface area contributed by atoms with Gasteiger partial charge in [-0.2, -0.15) is 5.10 Å². The van der Waals surface area contributed by atoms with E-state index in [4.69, 9.17) is 0 Å². The van der Waals surface area contributed by atoms with Crippen LogP contribution in [0.3, 0.4) is 0 Å². The third-order valence-corrected chi connectivity index (χ3v) is 6.32. The van der Waals surface area contributed by atoms with Gasteiger partial charge in [0.2, 0.25) is 5.91 Å². The fraction of sp³-hybridized carbons (Fsp3) is 0.278. The Kier molecular flexibility index (Phi) is 4.40. The van der Waals surface area contributed by atoms with Crippen molar-refractivity contribution in [3.63, 3.8) is 0 Å². The van der Waals surface area contributed by atoms with Crippen LogP contribution in [0.25, 0.3) is 5.69 Å². The van der Waals surface area contributed by atoms with Crippen LogP contribution >= 0.6 is 27.7 Å². The fourth-order valence-electron chi connectivity index (χ4n) is 3.33. The molecule has 134 valence electrons. The summed E-state index contributed by atoms with van der Waals surface area (Å²) in [5, 5.41) is 7.48. The number of aromatic nitrogens is 4. The molecule has 6 nitrogen and oxygen atoms in total. The molecule has 0 spiro atoms. The smallest absolute Gasteiger partial charge is 0.235 e. The number of nitrogens with one attached hydrogen (secondary N) is 1. The third kappa shape index (κ3) is 2.87. The number of benzene rings is 1. The maximum atomic E-state index is 12.2. The molecule has 0 saturated carbocycles. The first-order chi connectivity index (χ1) is 12.5. The molecule has 1 aromatic carbocycles. The van der Waals surface area contributed by atoms with Gasteiger partial charge in [-0.25, -0.2) is 4.98 Å². The number of carbonyl (C=O) groups excluding carboxylic acids is 1. The van der Waals surface area contributed by atoms with Gasteiger partial charge in [-0.3, -0.25) is 14.0 Å². The van der Waals surface area contributed by atoms with Crippen LogP contribution in [0, 0.1) is 13.8 Å². The molecule has 4 rings (SSSR count). The molecule has 1 N–H and O–H groups in total. The summed E-state index contributed by atoms with van der Waals surface area (Å²) >= 11 is 5.14. The molecule has 3 heterocycles. The molecule has 0 unspecified atom stereocenters. The van der Waals surface area contributed by atoms with E-state index in [0.717, 1.165) is 32.8 Å². The van der Waals surface area contributed by atoms with Crippen LogP contribution in [-0.2, 0) is 11.8 Å². The van der Waals surface area contributed by atoms with Crippen molar-refractivity contribution in [3.05, 3.63) is 57.7 Å². The number of aryl methyl sites for hydroxylation is 2. The van der Waals surface area contributed by atoms with Gasteiger partial charge in [0.1, 0.15) is 6.33 Å². The molecule has 1 amide bonds. The zero-order valence-corrected chi connectivity index (χ0v) is 17.1. The topological polar surface area (TPSA) is 64.7 Å². The Balaban J connectivity index is 1.94. The summed E-state index contributed by atoms with van der Waals surface area (Å²) in [5.41, 5.74) is 5.19. The highest BCUT2D eigenvalue weighted by Crippen LogP contribution is 2.44. The number of hydrogen-bond donors (Lipinski definition) is 1. The highest BCUT2D eigenvalue weighted by Gasteiger charge is 2.32. The van der Waals surface area contributed by atoms with Gasteiger partial charge in [-0.05, 0) is 32.0 Å². The number of amides is 1. The number of anilines is 1. The lowest BCUT2D eigenvalue weighted by molar-refractivity contribution is -0.113. The molecular weight excluding hydrogens is 414 g/mol. The van der Waals surface area contributed by atoms with E-state index in [2.05, 4.69) is 42.8 Å². The molecule has 0 aliphatic carbocycles. The Hall–Kier alpha value is -2.06. The molecule has 0 fully saturated rings. The number of carbonyl (C=O) groups is 1. The van der Waals surface area contributed by atoms with E-state index >= 15 is 0 Å². The van der Waals surface area contributed by atoms with Crippen LogP contribution in [0.4, 0.5) is 5.82 Å². The van der Waals surface area contributed by atoms with Gasteiger partial charge < -0.3 is 5.32 Å². The lowest BCUT2D eigenvalue weighted by Gasteiger charge is -2.18. The second-order valence-corrected chi connectivity index (χ2v) is 8.28. The average molecular weight is 432 g/mol. The molecule has 0 bridgehead atoms. The van der Waals surface area contributed by atoms with Gasteiger partial charge in [-0.1, -0.05) is 22.0 Å². The van der Waals surface area contributed by atoms with Crippen LogP contribution in [0.2, 0.25) is 0 Å². The minimum atomic E-state index is -0.0301. The summed E-state index contributed by atoms with van der Waals surface area (Å²) in [4.78, 5) is 16.7. The standard InChI is InChI=1S/C18H18BrN5OS/c1-10-15(11(2)23(3)22-10)17-16-18(21-14(25)8-26-17)20-9-24(16)13-6-4-5-12(19)7-13/h4-7,9,17H,8H2,1-3H3,(H,21,25)/t17-/m1/s1. The second kappa shape index (κ2) is 6.59. The number of rotatable bonds is 2. The summed E-state index contributed by atoms with van der Waals surface area (Å²) in [6, 6.07) is 8.05. The normalized spacial score (nSPS) is 16.9. The Morgan fingerprint density at radius 3 is 2.85 bits per heavy atom. The predicted octanol–water partition coefficient (Wildman–Crippen LogP) is 3.76. The van der Waals surface area contributed by atoms with Crippen LogP contribution in [-0.4, -0.2) is 31.0 Å². The summed E-state index contributed by atoms with van der Waals surface area (Å²) in [5.74, 6) is 0.970. The van der Waals surface area contributed by atoms with Gasteiger partial charge in [0.05, 0.1) is 22.4 Å². The Morgan fingerprint density at radius 2 is 2.15 bits per heavy atom. The van der Waals surface area contributed by atoms with Crippen molar-refractivity contribution < 1.29 is 4.79 Å². The zero-order valence-electron chi connectivity index (χ0n) is 14.7. The lowest BCUT2D eigenvalue weighted by atomic mass is 10.1. The Morgan fingerprint density at radius 1 is 1.35 bits per heavy atom. The third-order valence-electron chi connectivity index (χ3n) is 4.61. The van der Waals surface area contributed by atoms with E-state index in [0.29, 0.717) is 11.6 Å². The minimum Gasteiger partial charge on any atom is -0.308 e.